The van der Waals surface area contributed by atoms with Gasteiger partial charge in [0.1, 0.15) is 6.04 Å². The number of quaternary nitrogens is 1. The van der Waals surface area contributed by atoms with E-state index in [9.17, 15) is 4.79 Å². The normalized spacial score (nSPS) is 16.6. The third-order valence-electron chi connectivity index (χ3n) is 4.65. The van der Waals surface area contributed by atoms with Crippen LogP contribution in [0, 0.1) is 5.92 Å². The summed E-state index contributed by atoms with van der Waals surface area (Å²) in [5.74, 6) is 0.817. The van der Waals surface area contributed by atoms with Gasteiger partial charge in [-0.1, -0.05) is 44.2 Å². The highest BCUT2D eigenvalue weighted by atomic mass is 32.1. The SMILES string of the molecule is CC(C)Cc1ccc([C@@H]([NH2+][C@H](C)C(=O)NC2CC2)c2cccs2)cc1. The van der Waals surface area contributed by atoms with Gasteiger partial charge in [0.2, 0.25) is 0 Å². The highest BCUT2D eigenvalue weighted by molar-refractivity contribution is 7.10. The molecule has 1 heterocycles. The maximum atomic E-state index is 12.4. The van der Waals surface area contributed by atoms with E-state index in [1.807, 2.05) is 6.92 Å². The van der Waals surface area contributed by atoms with E-state index < -0.39 is 0 Å². The van der Waals surface area contributed by atoms with Crippen molar-refractivity contribution in [1.29, 1.82) is 0 Å². The van der Waals surface area contributed by atoms with E-state index >= 15 is 0 Å². The van der Waals surface area contributed by atoms with Gasteiger partial charge in [0.25, 0.3) is 5.91 Å². The van der Waals surface area contributed by atoms with Gasteiger partial charge in [-0.15, -0.1) is 11.3 Å². The molecule has 0 unspecified atom stereocenters. The van der Waals surface area contributed by atoms with Crippen LogP contribution in [0.2, 0.25) is 0 Å². The summed E-state index contributed by atoms with van der Waals surface area (Å²) < 4.78 is 0. The van der Waals surface area contributed by atoms with Crippen molar-refractivity contribution in [1.82, 2.24) is 5.32 Å². The Morgan fingerprint density at radius 1 is 1.20 bits per heavy atom. The molecule has 1 fully saturated rings. The number of hydrogen-bond donors (Lipinski definition) is 2. The molecule has 0 saturated heterocycles. The zero-order valence-corrected chi connectivity index (χ0v) is 16.2. The van der Waals surface area contributed by atoms with Crippen molar-refractivity contribution in [2.24, 2.45) is 5.92 Å². The molecule has 25 heavy (non-hydrogen) atoms. The first kappa shape index (κ1) is 18.2. The summed E-state index contributed by atoms with van der Waals surface area (Å²) in [7, 11) is 0. The van der Waals surface area contributed by atoms with Crippen molar-refractivity contribution in [2.75, 3.05) is 0 Å². The maximum absolute atomic E-state index is 12.4. The summed E-state index contributed by atoms with van der Waals surface area (Å²) >= 11 is 1.76. The molecule has 0 aliphatic heterocycles. The smallest absolute Gasteiger partial charge is 0.278 e. The lowest BCUT2D eigenvalue weighted by Gasteiger charge is -2.20. The first-order valence-corrected chi connectivity index (χ1v) is 10.2. The molecule has 134 valence electrons. The van der Waals surface area contributed by atoms with Crippen LogP contribution in [0.4, 0.5) is 0 Å². The van der Waals surface area contributed by atoms with Crippen molar-refractivity contribution in [3.63, 3.8) is 0 Å². The predicted molar refractivity (Wildman–Crippen MR) is 104 cm³/mol. The number of carbonyl (C=O) groups is 1. The van der Waals surface area contributed by atoms with Gasteiger partial charge in [-0.2, -0.15) is 0 Å². The Balaban J connectivity index is 1.74. The quantitative estimate of drug-likeness (QED) is 0.748. The van der Waals surface area contributed by atoms with Crippen molar-refractivity contribution >= 4 is 17.2 Å². The summed E-state index contributed by atoms with van der Waals surface area (Å²) in [6.07, 6.45) is 3.36. The molecule has 3 N–H and O–H groups in total. The van der Waals surface area contributed by atoms with E-state index in [0.29, 0.717) is 12.0 Å². The Kier molecular flexibility index (Phi) is 5.92. The summed E-state index contributed by atoms with van der Waals surface area (Å²) in [4.78, 5) is 13.7. The fraction of sp³-hybridized carbons (Fsp3) is 0.476. The first-order valence-electron chi connectivity index (χ1n) is 9.30. The summed E-state index contributed by atoms with van der Waals surface area (Å²) in [5.41, 5.74) is 2.64. The minimum Gasteiger partial charge on any atom is -0.348 e. The Labute approximate surface area is 154 Å². The van der Waals surface area contributed by atoms with Gasteiger partial charge in [-0.3, -0.25) is 4.79 Å². The fourth-order valence-corrected chi connectivity index (χ4v) is 3.94. The fourth-order valence-electron chi connectivity index (χ4n) is 3.11. The minimum atomic E-state index is -0.0944. The molecule has 2 atom stereocenters. The van der Waals surface area contributed by atoms with Crippen LogP contribution in [0.5, 0.6) is 0 Å². The Morgan fingerprint density at radius 3 is 2.48 bits per heavy atom. The third-order valence-corrected chi connectivity index (χ3v) is 5.61. The molecule has 1 aliphatic rings. The average Bonchev–Trinajstić information content (AvgIpc) is 3.23. The van der Waals surface area contributed by atoms with Crippen molar-refractivity contribution < 1.29 is 10.1 Å². The largest absolute Gasteiger partial charge is 0.348 e. The van der Waals surface area contributed by atoms with Gasteiger partial charge >= 0.3 is 0 Å². The molecule has 2 aromatic rings. The number of nitrogens with two attached hydrogens (primary N) is 1. The van der Waals surface area contributed by atoms with Crippen molar-refractivity contribution in [3.8, 4) is 0 Å². The second-order valence-electron chi connectivity index (χ2n) is 7.60. The van der Waals surface area contributed by atoms with Gasteiger partial charge < -0.3 is 10.6 Å². The van der Waals surface area contributed by atoms with Gasteiger partial charge in [0.15, 0.2) is 6.04 Å². The highest BCUT2D eigenvalue weighted by Crippen LogP contribution is 2.24. The van der Waals surface area contributed by atoms with Gasteiger partial charge in [-0.05, 0) is 49.1 Å². The van der Waals surface area contributed by atoms with E-state index in [-0.39, 0.29) is 18.0 Å². The third kappa shape index (κ3) is 5.16. The van der Waals surface area contributed by atoms with E-state index in [0.717, 1.165) is 19.3 Å². The topological polar surface area (TPSA) is 45.7 Å². The second-order valence-corrected chi connectivity index (χ2v) is 8.58. The number of amides is 1. The summed E-state index contributed by atoms with van der Waals surface area (Å²) in [6, 6.07) is 13.7. The van der Waals surface area contributed by atoms with E-state index in [1.54, 1.807) is 11.3 Å². The monoisotopic (exact) mass is 357 g/mol. The van der Waals surface area contributed by atoms with Crippen molar-refractivity contribution in [2.45, 2.75) is 58.2 Å². The van der Waals surface area contributed by atoms with Crippen LogP contribution >= 0.6 is 11.3 Å². The van der Waals surface area contributed by atoms with Gasteiger partial charge in [-0.25, -0.2) is 0 Å². The molecule has 1 amide bonds. The first-order chi connectivity index (χ1) is 12.0. The average molecular weight is 358 g/mol. The van der Waals surface area contributed by atoms with Gasteiger partial charge in [0, 0.05) is 11.6 Å². The van der Waals surface area contributed by atoms with Crippen LogP contribution in [0.15, 0.2) is 41.8 Å². The number of nitrogens with one attached hydrogen (secondary N) is 1. The van der Waals surface area contributed by atoms with Gasteiger partial charge in [0.05, 0.1) is 4.88 Å². The Morgan fingerprint density at radius 2 is 1.92 bits per heavy atom. The number of carbonyl (C=O) groups excluding carboxylic acids is 1. The van der Waals surface area contributed by atoms with Crippen LogP contribution in [-0.4, -0.2) is 18.0 Å². The molecule has 0 bridgehead atoms. The number of benzene rings is 1. The number of rotatable bonds is 8. The molecular weight excluding hydrogens is 328 g/mol. The lowest BCUT2D eigenvalue weighted by atomic mass is 9.98. The van der Waals surface area contributed by atoms with Crippen LogP contribution in [0.1, 0.15) is 55.7 Å². The lowest BCUT2D eigenvalue weighted by Crippen LogP contribution is -2.92. The molecule has 1 saturated carbocycles. The van der Waals surface area contributed by atoms with E-state index in [4.69, 9.17) is 0 Å². The second kappa shape index (κ2) is 8.15. The lowest BCUT2D eigenvalue weighted by molar-refractivity contribution is -0.704. The Bertz CT molecular complexity index is 674. The zero-order valence-electron chi connectivity index (χ0n) is 15.4. The standard InChI is InChI=1S/C21H28N2OS/c1-14(2)13-16-6-8-17(9-7-16)20(19-5-4-12-25-19)22-15(3)21(24)23-18-10-11-18/h4-9,12,14-15,18,20,22H,10-11,13H2,1-3H3,(H,23,24)/p+1/t15-,20-/m1/s1. The number of hydrogen-bond acceptors (Lipinski definition) is 2. The van der Waals surface area contributed by atoms with Crippen LogP contribution in [-0.2, 0) is 11.2 Å². The van der Waals surface area contributed by atoms with E-state index in [2.05, 4.69) is 66.3 Å². The molecule has 0 spiro atoms. The molecule has 3 rings (SSSR count). The Hall–Kier alpha value is -1.65. The molecule has 1 aromatic heterocycles. The maximum Gasteiger partial charge on any atom is 0.278 e. The van der Waals surface area contributed by atoms with Crippen molar-refractivity contribution in [3.05, 3.63) is 57.8 Å². The minimum absolute atomic E-state index is 0.0944. The summed E-state index contributed by atoms with van der Waals surface area (Å²) in [5, 5.41) is 7.42. The number of thiophene rings is 1. The highest BCUT2D eigenvalue weighted by Gasteiger charge is 2.30. The molecule has 1 aliphatic carbocycles. The van der Waals surface area contributed by atoms with Crippen LogP contribution in [0.25, 0.3) is 0 Å². The molecule has 3 nitrogen and oxygen atoms in total. The molecule has 0 radical (unpaired) electrons. The molecule has 4 heteroatoms. The predicted octanol–water partition coefficient (Wildman–Crippen LogP) is 3.27. The molecule has 1 aromatic carbocycles. The molecular formula is C21H29N2OS+. The zero-order chi connectivity index (χ0) is 17.8. The van der Waals surface area contributed by atoms with Crippen LogP contribution in [0.3, 0.4) is 0 Å². The van der Waals surface area contributed by atoms with E-state index in [1.165, 1.54) is 16.0 Å². The summed E-state index contributed by atoms with van der Waals surface area (Å²) in [6.45, 7) is 6.50. The van der Waals surface area contributed by atoms with Crippen LogP contribution < -0.4 is 10.6 Å².